The molecule has 0 spiro atoms. The molecule has 0 bridgehead atoms. The number of hydrogen-bond acceptors (Lipinski definition) is 2. The summed E-state index contributed by atoms with van der Waals surface area (Å²) in [6.45, 7) is 4.37. The van der Waals surface area contributed by atoms with Gasteiger partial charge in [-0.1, -0.05) is 146 Å². The summed E-state index contributed by atoms with van der Waals surface area (Å²) in [6, 6.07) is 74.7. The van der Waals surface area contributed by atoms with E-state index in [1.165, 1.54) is 60.3 Å². The fourth-order valence-electron chi connectivity index (χ4n) is 9.37. The van der Waals surface area contributed by atoms with Gasteiger partial charge < -0.3 is 14.4 Å². The van der Waals surface area contributed by atoms with Gasteiger partial charge in [-0.05, 0) is 106 Å². The van der Waals surface area contributed by atoms with E-state index in [2.05, 4.69) is 245 Å². The molecule has 280 valence electrons. The van der Waals surface area contributed by atoms with E-state index in [1.807, 2.05) is 0 Å². The Kier molecular flexibility index (Phi) is 8.45. The van der Waals surface area contributed by atoms with Gasteiger partial charge in [0.25, 0.3) is 0 Å². The highest BCUT2D eigenvalue weighted by atomic mass is 15.2. The van der Waals surface area contributed by atoms with Crippen LogP contribution >= 0.6 is 0 Å². The van der Waals surface area contributed by atoms with Crippen molar-refractivity contribution in [1.82, 2.24) is 4.57 Å². The Morgan fingerprint density at radius 1 is 0.475 bits per heavy atom. The smallest absolute Gasteiger partial charge is 0.0629 e. The molecule has 3 heteroatoms. The fourth-order valence-corrected chi connectivity index (χ4v) is 9.37. The van der Waals surface area contributed by atoms with Crippen LogP contribution in [0.1, 0.15) is 17.0 Å². The van der Waals surface area contributed by atoms with Crippen molar-refractivity contribution in [3.05, 3.63) is 236 Å². The van der Waals surface area contributed by atoms with E-state index < -0.39 is 0 Å². The van der Waals surface area contributed by atoms with Crippen LogP contribution in [0.5, 0.6) is 0 Å². The molecule has 0 fully saturated rings. The van der Waals surface area contributed by atoms with Gasteiger partial charge in [-0.25, -0.2) is 0 Å². The molecular weight excluding hydrogens is 715 g/mol. The Morgan fingerprint density at radius 2 is 1.10 bits per heavy atom. The van der Waals surface area contributed by atoms with Crippen LogP contribution < -0.4 is 9.80 Å². The molecule has 1 aliphatic rings. The van der Waals surface area contributed by atoms with E-state index in [-0.39, 0.29) is 12.0 Å². The van der Waals surface area contributed by atoms with Gasteiger partial charge in [0.15, 0.2) is 0 Å². The monoisotopic (exact) mass is 755 g/mol. The Morgan fingerprint density at radius 3 is 1.90 bits per heavy atom. The van der Waals surface area contributed by atoms with Crippen molar-refractivity contribution in [2.24, 2.45) is 0 Å². The van der Waals surface area contributed by atoms with Crippen molar-refractivity contribution < 1.29 is 0 Å². The molecule has 1 aliphatic heterocycles. The first-order valence-corrected chi connectivity index (χ1v) is 20.4. The maximum Gasteiger partial charge on any atom is 0.0629 e. The molecule has 11 rings (SSSR count). The molecule has 3 nitrogen and oxygen atoms in total. The minimum Gasteiger partial charge on any atom is -0.333 e. The molecule has 9 aromatic carbocycles. The molecule has 10 aromatic rings. The van der Waals surface area contributed by atoms with Crippen LogP contribution in [0, 0.1) is 0 Å². The number of nitrogens with zero attached hydrogens (tertiary/aromatic N) is 3. The number of hydrogen-bond donors (Lipinski definition) is 0. The van der Waals surface area contributed by atoms with E-state index in [0.29, 0.717) is 0 Å². The lowest BCUT2D eigenvalue weighted by atomic mass is 9.81. The van der Waals surface area contributed by atoms with Crippen molar-refractivity contribution >= 4 is 77.9 Å². The lowest BCUT2D eigenvalue weighted by Crippen LogP contribution is -2.37. The maximum atomic E-state index is 4.37. The maximum absolute atomic E-state index is 4.37. The average molecular weight is 756 g/mol. The third kappa shape index (κ3) is 5.90. The van der Waals surface area contributed by atoms with Crippen LogP contribution in [-0.2, 0) is 0 Å². The van der Waals surface area contributed by atoms with Crippen molar-refractivity contribution in [3.63, 3.8) is 0 Å². The summed E-state index contributed by atoms with van der Waals surface area (Å²) in [5.74, 6) is 0.107. The predicted molar refractivity (Wildman–Crippen MR) is 251 cm³/mol. The summed E-state index contributed by atoms with van der Waals surface area (Å²) < 4.78 is 2.37. The molecule has 0 aliphatic carbocycles. The number of aromatic nitrogens is 1. The zero-order chi connectivity index (χ0) is 39.3. The lowest BCUT2D eigenvalue weighted by molar-refractivity contribution is 0.693. The van der Waals surface area contributed by atoms with Gasteiger partial charge in [0.05, 0.1) is 17.1 Å². The van der Waals surface area contributed by atoms with Gasteiger partial charge in [0.2, 0.25) is 0 Å². The first-order chi connectivity index (χ1) is 29.2. The van der Waals surface area contributed by atoms with E-state index in [0.717, 1.165) is 28.3 Å². The number of fused-ring (bicyclic) bond motifs is 4. The Labute approximate surface area is 344 Å². The zero-order valence-electron chi connectivity index (χ0n) is 32.6. The van der Waals surface area contributed by atoms with Gasteiger partial charge in [-0.15, -0.1) is 6.58 Å². The first kappa shape index (κ1) is 34.6. The molecule has 2 heterocycles. The Bertz CT molecular complexity index is 3190. The second kappa shape index (κ2) is 14.4. The summed E-state index contributed by atoms with van der Waals surface area (Å²) in [6.07, 6.45) is 6.76. The van der Waals surface area contributed by atoms with Gasteiger partial charge in [-0.3, -0.25) is 0 Å². The SMILES string of the molecule is C=CC1c2cccc3cccc(c23)N(c2ccccc2)C1/C=C/c1ccc(N(c2ccc3ccccc3c2)c2ccc3c(c2)c2ccccc2n3-c2ccccc2)cc1. The summed E-state index contributed by atoms with van der Waals surface area (Å²) in [4.78, 5) is 4.87. The fraction of sp³-hybridized carbons (Fsp3) is 0.0357. The number of anilines is 5. The standard InChI is InChI=1S/C56H41N3/c1-2-48-50-24-13-17-41-18-14-26-55(56(41)50)59(44-21-7-4-8-22-44)53(48)35-29-39-27-31-45(32-28-39)57(46-33-30-40-15-9-10-16-42(40)37-46)47-34-36-54-51(38-47)49-23-11-12-25-52(49)58(54)43-19-5-3-6-20-43/h2-38,48,53H,1H2/b35-29+. The second-order valence-corrected chi connectivity index (χ2v) is 15.4. The Balaban J connectivity index is 1.01. The van der Waals surface area contributed by atoms with Crippen LogP contribution in [0.25, 0.3) is 55.1 Å². The van der Waals surface area contributed by atoms with Crippen molar-refractivity contribution in [2.45, 2.75) is 12.0 Å². The first-order valence-electron chi connectivity index (χ1n) is 20.4. The topological polar surface area (TPSA) is 11.4 Å². The van der Waals surface area contributed by atoms with Crippen LogP contribution in [0.15, 0.2) is 225 Å². The Hall–Kier alpha value is -7.62. The van der Waals surface area contributed by atoms with E-state index in [1.54, 1.807) is 0 Å². The summed E-state index contributed by atoms with van der Waals surface area (Å²) in [7, 11) is 0. The lowest BCUT2D eigenvalue weighted by Gasteiger charge is -2.41. The molecular formula is C56H41N3. The summed E-state index contributed by atoms with van der Waals surface area (Å²) >= 11 is 0. The van der Waals surface area contributed by atoms with Crippen molar-refractivity contribution in [1.29, 1.82) is 0 Å². The second-order valence-electron chi connectivity index (χ2n) is 15.4. The van der Waals surface area contributed by atoms with Crippen LogP contribution in [0.2, 0.25) is 0 Å². The minimum atomic E-state index is 0.0360. The molecule has 0 saturated heterocycles. The largest absolute Gasteiger partial charge is 0.333 e. The average Bonchev–Trinajstić information content (AvgIpc) is 3.63. The summed E-state index contributed by atoms with van der Waals surface area (Å²) in [5, 5.41) is 7.44. The van der Waals surface area contributed by atoms with Crippen LogP contribution in [0.3, 0.4) is 0 Å². The highest BCUT2D eigenvalue weighted by Crippen LogP contribution is 2.47. The van der Waals surface area contributed by atoms with Gasteiger partial charge in [0.1, 0.15) is 0 Å². The van der Waals surface area contributed by atoms with Gasteiger partial charge >= 0.3 is 0 Å². The number of para-hydroxylation sites is 3. The molecule has 1 aromatic heterocycles. The van der Waals surface area contributed by atoms with Crippen LogP contribution in [0.4, 0.5) is 28.4 Å². The minimum absolute atomic E-state index is 0.0360. The third-order valence-corrected chi connectivity index (χ3v) is 12.0. The number of benzene rings is 9. The molecule has 0 radical (unpaired) electrons. The highest BCUT2D eigenvalue weighted by Gasteiger charge is 2.33. The van der Waals surface area contributed by atoms with Crippen molar-refractivity contribution in [3.8, 4) is 5.69 Å². The molecule has 59 heavy (non-hydrogen) atoms. The van der Waals surface area contributed by atoms with E-state index in [4.69, 9.17) is 0 Å². The third-order valence-electron chi connectivity index (χ3n) is 12.0. The predicted octanol–water partition coefficient (Wildman–Crippen LogP) is 15.1. The van der Waals surface area contributed by atoms with Gasteiger partial charge in [-0.2, -0.15) is 0 Å². The summed E-state index contributed by atoms with van der Waals surface area (Å²) in [5.41, 5.74) is 11.7. The highest BCUT2D eigenvalue weighted by molar-refractivity contribution is 6.11. The molecule has 0 saturated carbocycles. The molecule has 2 atom stereocenters. The molecule has 2 unspecified atom stereocenters. The molecule has 0 N–H and O–H groups in total. The number of rotatable bonds is 8. The van der Waals surface area contributed by atoms with E-state index >= 15 is 0 Å². The quantitative estimate of drug-likeness (QED) is 0.143. The van der Waals surface area contributed by atoms with Crippen molar-refractivity contribution in [2.75, 3.05) is 9.80 Å². The zero-order valence-corrected chi connectivity index (χ0v) is 32.6. The molecule has 0 amide bonds. The van der Waals surface area contributed by atoms with Gasteiger partial charge in [0, 0.05) is 56.2 Å². The van der Waals surface area contributed by atoms with E-state index in [9.17, 15) is 0 Å². The van der Waals surface area contributed by atoms with Crippen LogP contribution in [-0.4, -0.2) is 10.6 Å². The normalized spacial score (nSPS) is 15.1.